The van der Waals surface area contributed by atoms with E-state index in [4.69, 9.17) is 0 Å². The molecular weight excluding hydrogens is 172 g/mol. The van der Waals surface area contributed by atoms with Gasteiger partial charge in [0.2, 0.25) is 0 Å². The molecule has 2 aliphatic carbocycles. The van der Waals surface area contributed by atoms with Gasteiger partial charge in [-0.3, -0.25) is 0 Å². The first-order chi connectivity index (χ1) is 6.68. The number of hydrogen-bond donors (Lipinski definition) is 1. The van der Waals surface area contributed by atoms with Crippen molar-refractivity contribution in [1.29, 1.82) is 0 Å². The third-order valence-corrected chi connectivity index (χ3v) is 4.35. The minimum absolute atomic E-state index is 0.0127. The summed E-state index contributed by atoms with van der Waals surface area (Å²) < 4.78 is 0. The summed E-state index contributed by atoms with van der Waals surface area (Å²) in [6.07, 6.45) is 11.9. The summed E-state index contributed by atoms with van der Waals surface area (Å²) in [6, 6.07) is 0. The van der Waals surface area contributed by atoms with Crippen LogP contribution < -0.4 is 0 Å². The Hall–Kier alpha value is -0.0400. The Bertz CT molecular complexity index is 182. The van der Waals surface area contributed by atoms with E-state index in [0.29, 0.717) is 5.41 Å². The van der Waals surface area contributed by atoms with Crippen LogP contribution in [-0.4, -0.2) is 11.2 Å². The van der Waals surface area contributed by atoms with Gasteiger partial charge in [-0.15, -0.1) is 0 Å². The van der Waals surface area contributed by atoms with Gasteiger partial charge in [-0.1, -0.05) is 32.6 Å². The zero-order valence-electron chi connectivity index (χ0n) is 9.47. The molecule has 0 radical (unpaired) electrons. The molecule has 2 saturated carbocycles. The Morgan fingerprint density at radius 3 is 2.50 bits per heavy atom. The maximum absolute atomic E-state index is 9.64. The van der Waals surface area contributed by atoms with Crippen LogP contribution in [0.3, 0.4) is 0 Å². The maximum atomic E-state index is 9.64. The van der Waals surface area contributed by atoms with E-state index in [0.717, 1.165) is 18.8 Å². The number of aliphatic hydroxyl groups excluding tert-OH is 1. The molecule has 14 heavy (non-hydrogen) atoms. The fourth-order valence-corrected chi connectivity index (χ4v) is 3.58. The van der Waals surface area contributed by atoms with Gasteiger partial charge in [-0.25, -0.2) is 0 Å². The molecule has 0 spiro atoms. The van der Waals surface area contributed by atoms with Crippen LogP contribution in [0.15, 0.2) is 0 Å². The molecular formula is C13H24O. The van der Waals surface area contributed by atoms with Crippen LogP contribution in [0.25, 0.3) is 0 Å². The Balaban J connectivity index is 1.83. The molecule has 2 rings (SSSR count). The molecule has 0 saturated heterocycles. The second-order valence-electron chi connectivity index (χ2n) is 5.91. The molecule has 0 aromatic carbocycles. The standard InChI is InChI=1S/C13H24O/c1-13(7-2-3-8-13)10-11-5-4-6-12(14)9-11/h11-12,14H,2-10H2,1H3. The van der Waals surface area contributed by atoms with Crippen molar-refractivity contribution in [2.75, 3.05) is 0 Å². The van der Waals surface area contributed by atoms with Gasteiger partial charge in [0.15, 0.2) is 0 Å². The monoisotopic (exact) mass is 196 g/mol. The van der Waals surface area contributed by atoms with Crippen molar-refractivity contribution in [2.24, 2.45) is 11.3 Å². The molecule has 1 nitrogen and oxygen atoms in total. The van der Waals surface area contributed by atoms with E-state index in [1.165, 1.54) is 44.9 Å². The number of hydrogen-bond acceptors (Lipinski definition) is 1. The summed E-state index contributed by atoms with van der Waals surface area (Å²) in [4.78, 5) is 0. The highest BCUT2D eigenvalue weighted by Crippen LogP contribution is 2.45. The van der Waals surface area contributed by atoms with E-state index >= 15 is 0 Å². The Kier molecular flexibility index (Phi) is 3.16. The third-order valence-electron chi connectivity index (χ3n) is 4.35. The largest absolute Gasteiger partial charge is 0.393 e. The third kappa shape index (κ3) is 2.50. The average Bonchev–Trinajstić information content (AvgIpc) is 2.51. The van der Waals surface area contributed by atoms with Crippen LogP contribution >= 0.6 is 0 Å². The molecule has 2 fully saturated rings. The van der Waals surface area contributed by atoms with Crippen LogP contribution in [0.2, 0.25) is 0 Å². The minimum Gasteiger partial charge on any atom is -0.393 e. The maximum Gasteiger partial charge on any atom is 0.0542 e. The lowest BCUT2D eigenvalue weighted by Gasteiger charge is -2.33. The summed E-state index contributed by atoms with van der Waals surface area (Å²) in [6.45, 7) is 2.46. The Labute approximate surface area is 87.9 Å². The zero-order chi connectivity index (χ0) is 10.0. The molecule has 2 aliphatic rings. The quantitative estimate of drug-likeness (QED) is 0.716. The van der Waals surface area contributed by atoms with Crippen molar-refractivity contribution in [1.82, 2.24) is 0 Å². The average molecular weight is 196 g/mol. The molecule has 2 unspecified atom stereocenters. The first kappa shape index (κ1) is 10.5. The smallest absolute Gasteiger partial charge is 0.0542 e. The molecule has 82 valence electrons. The van der Waals surface area contributed by atoms with Crippen LogP contribution in [0.4, 0.5) is 0 Å². The highest BCUT2D eigenvalue weighted by Gasteiger charge is 2.33. The zero-order valence-corrected chi connectivity index (χ0v) is 9.47. The van der Waals surface area contributed by atoms with E-state index < -0.39 is 0 Å². The van der Waals surface area contributed by atoms with E-state index in [1.54, 1.807) is 0 Å². The topological polar surface area (TPSA) is 20.2 Å². The molecule has 0 bridgehead atoms. The van der Waals surface area contributed by atoms with E-state index in [2.05, 4.69) is 6.92 Å². The second kappa shape index (κ2) is 4.22. The van der Waals surface area contributed by atoms with Gasteiger partial charge in [0.05, 0.1) is 6.10 Å². The van der Waals surface area contributed by atoms with Crippen molar-refractivity contribution in [3.05, 3.63) is 0 Å². The van der Waals surface area contributed by atoms with Crippen molar-refractivity contribution in [3.63, 3.8) is 0 Å². The van der Waals surface area contributed by atoms with Crippen molar-refractivity contribution in [3.8, 4) is 0 Å². The van der Waals surface area contributed by atoms with Crippen LogP contribution in [0, 0.1) is 11.3 Å². The lowest BCUT2D eigenvalue weighted by molar-refractivity contribution is 0.0812. The summed E-state index contributed by atoms with van der Waals surface area (Å²) in [5, 5.41) is 9.64. The Morgan fingerprint density at radius 2 is 1.86 bits per heavy atom. The molecule has 1 N–H and O–H groups in total. The molecule has 0 aliphatic heterocycles. The van der Waals surface area contributed by atoms with Gasteiger partial charge in [0.1, 0.15) is 0 Å². The first-order valence-electron chi connectivity index (χ1n) is 6.36. The summed E-state index contributed by atoms with van der Waals surface area (Å²) in [7, 11) is 0. The van der Waals surface area contributed by atoms with Crippen molar-refractivity contribution in [2.45, 2.75) is 70.8 Å². The first-order valence-corrected chi connectivity index (χ1v) is 6.36. The van der Waals surface area contributed by atoms with Gasteiger partial charge < -0.3 is 5.11 Å². The molecule has 0 heterocycles. The normalized spacial score (nSPS) is 37.3. The minimum atomic E-state index is 0.0127. The van der Waals surface area contributed by atoms with Gasteiger partial charge in [0, 0.05) is 0 Å². The van der Waals surface area contributed by atoms with Crippen molar-refractivity contribution >= 4 is 0 Å². The van der Waals surface area contributed by atoms with E-state index in [1.807, 2.05) is 0 Å². The highest BCUT2D eigenvalue weighted by molar-refractivity contribution is 4.85. The molecule has 1 heteroatoms. The predicted molar refractivity (Wildman–Crippen MR) is 59.2 cm³/mol. The van der Waals surface area contributed by atoms with Crippen molar-refractivity contribution < 1.29 is 5.11 Å². The van der Waals surface area contributed by atoms with Gasteiger partial charge in [-0.05, 0) is 43.4 Å². The Morgan fingerprint density at radius 1 is 1.14 bits per heavy atom. The fourth-order valence-electron chi connectivity index (χ4n) is 3.58. The van der Waals surface area contributed by atoms with Gasteiger partial charge in [-0.2, -0.15) is 0 Å². The molecule has 0 aromatic heterocycles. The highest BCUT2D eigenvalue weighted by atomic mass is 16.3. The predicted octanol–water partition coefficient (Wildman–Crippen LogP) is 3.51. The summed E-state index contributed by atoms with van der Waals surface area (Å²) in [5.74, 6) is 0.821. The van der Waals surface area contributed by atoms with Crippen LogP contribution in [0.1, 0.15) is 64.7 Å². The number of aliphatic hydroxyl groups is 1. The molecule has 2 atom stereocenters. The van der Waals surface area contributed by atoms with Crippen LogP contribution in [0.5, 0.6) is 0 Å². The summed E-state index contributed by atoms with van der Waals surface area (Å²) in [5.41, 5.74) is 0.627. The van der Waals surface area contributed by atoms with Gasteiger partial charge in [0.25, 0.3) is 0 Å². The lowest BCUT2D eigenvalue weighted by atomic mass is 9.74. The van der Waals surface area contributed by atoms with E-state index in [-0.39, 0.29) is 6.10 Å². The van der Waals surface area contributed by atoms with Gasteiger partial charge >= 0.3 is 0 Å². The number of rotatable bonds is 2. The molecule has 0 amide bonds. The van der Waals surface area contributed by atoms with Crippen LogP contribution in [-0.2, 0) is 0 Å². The fraction of sp³-hybridized carbons (Fsp3) is 1.00. The lowest BCUT2D eigenvalue weighted by Crippen LogP contribution is -2.24. The second-order valence-corrected chi connectivity index (χ2v) is 5.91. The molecule has 0 aromatic rings. The van der Waals surface area contributed by atoms with E-state index in [9.17, 15) is 5.11 Å². The summed E-state index contributed by atoms with van der Waals surface area (Å²) >= 11 is 0. The SMILES string of the molecule is CC1(CC2CCCC(O)C2)CCCC1.